The molecule has 2 aromatic rings. The zero-order valence-electron chi connectivity index (χ0n) is 19.1. The van der Waals surface area contributed by atoms with Crippen LogP contribution >= 0.6 is 11.6 Å². The maximum absolute atomic E-state index is 13.7. The van der Waals surface area contributed by atoms with Crippen molar-refractivity contribution in [2.24, 2.45) is 5.92 Å². The first kappa shape index (κ1) is 23.8. The van der Waals surface area contributed by atoms with Gasteiger partial charge >= 0.3 is 5.97 Å². The van der Waals surface area contributed by atoms with Gasteiger partial charge in [0.05, 0.1) is 13.2 Å². The third-order valence-corrected chi connectivity index (χ3v) is 6.02. The second-order valence-corrected chi connectivity index (χ2v) is 8.94. The van der Waals surface area contributed by atoms with Crippen molar-refractivity contribution in [3.8, 4) is 0 Å². The van der Waals surface area contributed by atoms with Gasteiger partial charge in [-0.25, -0.2) is 4.79 Å². The van der Waals surface area contributed by atoms with Gasteiger partial charge in [-0.05, 0) is 50.8 Å². The molecule has 1 aliphatic heterocycles. The summed E-state index contributed by atoms with van der Waals surface area (Å²) in [5.41, 5.74) is 0.174. The SMILES string of the molecule is CCOC(=O)c1cc2n(n1)C[C@@](C)(C(=O)NCCC(C)C)N(c1cccc(Cl)c1C)C2=O. The van der Waals surface area contributed by atoms with E-state index in [0.29, 0.717) is 28.7 Å². The Balaban J connectivity index is 2.08. The van der Waals surface area contributed by atoms with Crippen molar-refractivity contribution in [1.29, 1.82) is 0 Å². The lowest BCUT2D eigenvalue weighted by Gasteiger charge is -2.43. The number of benzene rings is 1. The highest BCUT2D eigenvalue weighted by molar-refractivity contribution is 6.32. The number of carbonyl (C=O) groups excluding carboxylic acids is 3. The van der Waals surface area contributed by atoms with E-state index in [1.54, 1.807) is 39.0 Å². The molecule has 0 spiro atoms. The van der Waals surface area contributed by atoms with Gasteiger partial charge in [-0.3, -0.25) is 19.2 Å². The molecule has 1 aromatic carbocycles. The molecule has 1 N–H and O–H groups in total. The number of aromatic nitrogens is 2. The highest BCUT2D eigenvalue weighted by Gasteiger charge is 2.49. The fraction of sp³-hybridized carbons (Fsp3) is 0.478. The molecular formula is C23H29ClN4O4. The number of fused-ring (bicyclic) bond motifs is 1. The Morgan fingerprint density at radius 3 is 2.72 bits per heavy atom. The Hall–Kier alpha value is -2.87. The van der Waals surface area contributed by atoms with E-state index in [1.807, 2.05) is 0 Å². The molecule has 0 saturated carbocycles. The summed E-state index contributed by atoms with van der Waals surface area (Å²) >= 11 is 6.34. The topological polar surface area (TPSA) is 93.5 Å². The van der Waals surface area contributed by atoms with Crippen LogP contribution in [0.2, 0.25) is 5.02 Å². The molecule has 3 rings (SSSR count). The summed E-state index contributed by atoms with van der Waals surface area (Å²) in [5, 5.41) is 7.71. The lowest BCUT2D eigenvalue weighted by molar-refractivity contribution is -0.126. The molecule has 2 heterocycles. The van der Waals surface area contributed by atoms with Crippen LogP contribution in [0.1, 0.15) is 60.7 Å². The van der Waals surface area contributed by atoms with E-state index >= 15 is 0 Å². The molecule has 8 nitrogen and oxygen atoms in total. The molecule has 0 unspecified atom stereocenters. The molecule has 9 heteroatoms. The molecule has 0 fully saturated rings. The number of nitrogens with one attached hydrogen (secondary N) is 1. The maximum atomic E-state index is 13.7. The minimum Gasteiger partial charge on any atom is -0.461 e. The number of nitrogens with zero attached hydrogens (tertiary/aromatic N) is 3. The van der Waals surface area contributed by atoms with Crippen LogP contribution < -0.4 is 10.2 Å². The Morgan fingerprint density at radius 1 is 1.34 bits per heavy atom. The van der Waals surface area contributed by atoms with Crippen LogP contribution in [-0.2, 0) is 16.1 Å². The molecule has 1 atom stereocenters. The van der Waals surface area contributed by atoms with Crippen LogP contribution in [0, 0.1) is 12.8 Å². The Kier molecular flexibility index (Phi) is 6.93. The summed E-state index contributed by atoms with van der Waals surface area (Å²) in [4.78, 5) is 40.7. The largest absolute Gasteiger partial charge is 0.461 e. The van der Waals surface area contributed by atoms with Crippen molar-refractivity contribution in [2.75, 3.05) is 18.1 Å². The zero-order valence-corrected chi connectivity index (χ0v) is 19.8. The van der Waals surface area contributed by atoms with Crippen LogP contribution in [0.4, 0.5) is 5.69 Å². The van der Waals surface area contributed by atoms with Crippen molar-refractivity contribution in [3.63, 3.8) is 0 Å². The van der Waals surface area contributed by atoms with Gasteiger partial charge in [0.25, 0.3) is 5.91 Å². The van der Waals surface area contributed by atoms with Crippen molar-refractivity contribution in [3.05, 3.63) is 46.2 Å². The smallest absolute Gasteiger partial charge is 0.358 e. The predicted molar refractivity (Wildman–Crippen MR) is 122 cm³/mol. The minimum absolute atomic E-state index is 0.0300. The molecule has 0 saturated heterocycles. The Bertz CT molecular complexity index is 1050. The van der Waals surface area contributed by atoms with Crippen molar-refractivity contribution in [1.82, 2.24) is 15.1 Å². The number of hydrogen-bond acceptors (Lipinski definition) is 5. The first-order valence-corrected chi connectivity index (χ1v) is 11.1. The number of anilines is 1. The standard InChI is InChI=1S/C23H29ClN4O4/c1-6-32-21(30)17-12-19-20(29)28(18-9-7-8-16(24)15(18)4)23(5,13-27(19)26-17)22(31)25-11-10-14(2)3/h7-9,12,14H,6,10-11,13H2,1-5H3,(H,25,31)/t23-/m0/s1. The average molecular weight is 461 g/mol. The van der Waals surface area contributed by atoms with E-state index in [-0.39, 0.29) is 30.4 Å². The third-order valence-electron chi connectivity index (χ3n) is 5.61. The molecule has 1 aromatic heterocycles. The summed E-state index contributed by atoms with van der Waals surface area (Å²) in [5.74, 6) is -0.932. The van der Waals surface area contributed by atoms with Gasteiger partial charge in [0, 0.05) is 23.3 Å². The van der Waals surface area contributed by atoms with Crippen molar-refractivity contribution < 1.29 is 19.1 Å². The van der Waals surface area contributed by atoms with Crippen molar-refractivity contribution >= 4 is 35.1 Å². The number of esters is 1. The average Bonchev–Trinajstić information content (AvgIpc) is 3.15. The van der Waals surface area contributed by atoms with Gasteiger partial charge < -0.3 is 10.1 Å². The molecule has 172 valence electrons. The molecule has 1 aliphatic rings. The van der Waals surface area contributed by atoms with Crippen LogP contribution in [0.25, 0.3) is 0 Å². The fourth-order valence-electron chi connectivity index (χ4n) is 3.77. The normalized spacial score (nSPS) is 18.0. The fourth-order valence-corrected chi connectivity index (χ4v) is 3.94. The Morgan fingerprint density at radius 2 is 2.06 bits per heavy atom. The van der Waals surface area contributed by atoms with Gasteiger partial charge in [0.1, 0.15) is 11.2 Å². The first-order valence-electron chi connectivity index (χ1n) is 10.7. The number of amides is 2. The van der Waals surface area contributed by atoms with E-state index < -0.39 is 17.4 Å². The summed E-state index contributed by atoms with van der Waals surface area (Å²) < 4.78 is 6.44. The van der Waals surface area contributed by atoms with Gasteiger partial charge in [-0.1, -0.05) is 31.5 Å². The summed E-state index contributed by atoms with van der Waals surface area (Å²) in [6.45, 7) is 10.1. The quantitative estimate of drug-likeness (QED) is 0.637. The zero-order chi connectivity index (χ0) is 23.6. The van der Waals surface area contributed by atoms with Gasteiger partial charge in [0.15, 0.2) is 5.69 Å². The third kappa shape index (κ3) is 4.37. The molecule has 0 aliphatic carbocycles. The van der Waals surface area contributed by atoms with E-state index in [4.69, 9.17) is 16.3 Å². The van der Waals surface area contributed by atoms with Crippen LogP contribution in [0.5, 0.6) is 0 Å². The molecule has 0 radical (unpaired) electrons. The van der Waals surface area contributed by atoms with Gasteiger partial charge in [0.2, 0.25) is 5.91 Å². The number of hydrogen-bond donors (Lipinski definition) is 1. The van der Waals surface area contributed by atoms with Gasteiger partial charge in [-0.2, -0.15) is 5.10 Å². The second kappa shape index (κ2) is 9.32. The van der Waals surface area contributed by atoms with Crippen LogP contribution in [0.3, 0.4) is 0 Å². The summed E-state index contributed by atoms with van der Waals surface area (Å²) in [6.07, 6.45) is 0.811. The number of rotatable bonds is 7. The highest BCUT2D eigenvalue weighted by atomic mass is 35.5. The van der Waals surface area contributed by atoms with Gasteiger partial charge in [-0.15, -0.1) is 0 Å². The maximum Gasteiger partial charge on any atom is 0.358 e. The lowest BCUT2D eigenvalue weighted by atomic mass is 9.93. The minimum atomic E-state index is -1.28. The monoisotopic (exact) mass is 460 g/mol. The van der Waals surface area contributed by atoms with Crippen LogP contribution in [0.15, 0.2) is 24.3 Å². The highest BCUT2D eigenvalue weighted by Crippen LogP contribution is 2.36. The van der Waals surface area contributed by atoms with E-state index in [2.05, 4.69) is 24.3 Å². The lowest BCUT2D eigenvalue weighted by Crippen LogP contribution is -2.64. The Labute approximate surface area is 192 Å². The van der Waals surface area contributed by atoms with E-state index in [0.717, 1.165) is 6.42 Å². The second-order valence-electron chi connectivity index (χ2n) is 8.53. The summed E-state index contributed by atoms with van der Waals surface area (Å²) in [7, 11) is 0. The predicted octanol–water partition coefficient (Wildman–Crippen LogP) is 3.60. The molecule has 0 bridgehead atoms. The number of carbonyl (C=O) groups is 3. The van der Waals surface area contributed by atoms with E-state index in [1.165, 1.54) is 15.6 Å². The van der Waals surface area contributed by atoms with E-state index in [9.17, 15) is 14.4 Å². The van der Waals surface area contributed by atoms with Crippen LogP contribution in [-0.4, -0.2) is 46.3 Å². The summed E-state index contributed by atoms with van der Waals surface area (Å²) in [6, 6.07) is 6.64. The molecule has 32 heavy (non-hydrogen) atoms. The molecule has 2 amide bonds. The first-order chi connectivity index (χ1) is 15.1. The molecular weight excluding hydrogens is 432 g/mol. The number of ether oxygens (including phenoxy) is 1. The number of halogens is 1. The van der Waals surface area contributed by atoms with Crippen molar-refractivity contribution in [2.45, 2.75) is 53.1 Å².